The van der Waals surface area contributed by atoms with E-state index in [2.05, 4.69) is 193 Å². The van der Waals surface area contributed by atoms with Crippen LogP contribution in [0.3, 0.4) is 0 Å². The van der Waals surface area contributed by atoms with Gasteiger partial charge in [0, 0.05) is 38.3 Å². The summed E-state index contributed by atoms with van der Waals surface area (Å²) in [6, 6.07) is 61.3. The summed E-state index contributed by atoms with van der Waals surface area (Å²) < 4.78 is 5.00. The van der Waals surface area contributed by atoms with Crippen LogP contribution in [0.25, 0.3) is 94.1 Å². The molecule has 0 atom stereocenters. The number of benzene rings is 8. The Morgan fingerprint density at radius 1 is 0.473 bits per heavy atom. The molecule has 2 aromatic heterocycles. The van der Waals surface area contributed by atoms with Gasteiger partial charge in [-0.2, -0.15) is 0 Å². The molecule has 2 nitrogen and oxygen atoms in total. The van der Waals surface area contributed by atoms with E-state index in [1.165, 1.54) is 110 Å². The number of allylic oxidation sites excluding steroid dienone is 1. The van der Waals surface area contributed by atoms with Crippen LogP contribution in [-0.2, 0) is 11.8 Å². The molecule has 0 fully saturated rings. The van der Waals surface area contributed by atoms with Crippen LogP contribution in [0.15, 0.2) is 164 Å². The molecule has 260 valence electrons. The second kappa shape index (κ2) is 11.2. The van der Waals surface area contributed by atoms with Gasteiger partial charge in [0.2, 0.25) is 0 Å². The summed E-state index contributed by atoms with van der Waals surface area (Å²) >= 11 is 0. The van der Waals surface area contributed by atoms with Gasteiger partial charge >= 0.3 is 0 Å². The van der Waals surface area contributed by atoms with E-state index >= 15 is 0 Å². The van der Waals surface area contributed by atoms with E-state index in [-0.39, 0.29) is 5.41 Å². The number of fused-ring (bicyclic) bond motifs is 12. The Kier molecular flexibility index (Phi) is 6.27. The summed E-state index contributed by atoms with van der Waals surface area (Å²) in [5.41, 5.74) is 18.3. The molecule has 8 aromatic carbocycles. The van der Waals surface area contributed by atoms with Gasteiger partial charge in [-0.1, -0.05) is 129 Å². The molecule has 2 aliphatic carbocycles. The fourth-order valence-electron chi connectivity index (χ4n) is 10.1. The minimum Gasteiger partial charge on any atom is -0.313 e. The molecule has 55 heavy (non-hydrogen) atoms. The zero-order chi connectivity index (χ0) is 36.4. The largest absolute Gasteiger partial charge is 0.313 e. The third kappa shape index (κ3) is 4.31. The highest BCUT2D eigenvalue weighted by Crippen LogP contribution is 2.53. The summed E-state index contributed by atoms with van der Waals surface area (Å²) in [5.74, 6) is 0. The van der Waals surface area contributed by atoms with Gasteiger partial charge in [0.05, 0.1) is 22.1 Å². The van der Waals surface area contributed by atoms with E-state index in [4.69, 9.17) is 0 Å². The van der Waals surface area contributed by atoms with Gasteiger partial charge in [-0.3, -0.25) is 0 Å². The molecule has 0 N–H and O–H groups in total. The van der Waals surface area contributed by atoms with Gasteiger partial charge in [0.1, 0.15) is 0 Å². The van der Waals surface area contributed by atoms with Crippen LogP contribution in [0.4, 0.5) is 0 Å². The lowest BCUT2D eigenvalue weighted by Crippen LogP contribution is -2.14. The Balaban J connectivity index is 1.11. The molecule has 0 saturated carbocycles. The predicted molar refractivity (Wildman–Crippen MR) is 233 cm³/mol. The first-order chi connectivity index (χ1) is 27.0. The summed E-state index contributed by atoms with van der Waals surface area (Å²) in [4.78, 5) is 0. The third-order valence-corrected chi connectivity index (χ3v) is 12.8. The fourth-order valence-corrected chi connectivity index (χ4v) is 10.1. The van der Waals surface area contributed by atoms with Crippen molar-refractivity contribution in [3.63, 3.8) is 0 Å². The maximum absolute atomic E-state index is 2.57. The average Bonchev–Trinajstić information content (AvgIpc) is 3.83. The molecular weight excluding hydrogens is 665 g/mol. The van der Waals surface area contributed by atoms with Crippen molar-refractivity contribution in [2.75, 3.05) is 0 Å². The number of aromatic nitrogens is 2. The smallest absolute Gasteiger partial charge is 0.0544 e. The first-order valence-electron chi connectivity index (χ1n) is 19.6. The zero-order valence-corrected chi connectivity index (χ0v) is 31.0. The van der Waals surface area contributed by atoms with Gasteiger partial charge in [-0.15, -0.1) is 0 Å². The van der Waals surface area contributed by atoms with E-state index < -0.39 is 0 Å². The van der Waals surface area contributed by atoms with Crippen molar-refractivity contribution >= 4 is 66.2 Å². The van der Waals surface area contributed by atoms with E-state index in [1.54, 1.807) is 0 Å². The molecule has 2 heteroatoms. The highest BCUT2D eigenvalue weighted by Gasteiger charge is 2.37. The lowest BCUT2D eigenvalue weighted by Gasteiger charge is -2.22. The van der Waals surface area contributed by atoms with Crippen molar-refractivity contribution in [2.24, 2.45) is 0 Å². The molecule has 0 amide bonds. The standard InChI is InChI=1S/C53H38N2/c1-53(2)45-17-9-7-16-42(45)51-46(53)25-28-50-52(51)44-32-38(22-27-49(44)55(50)40-24-20-34-12-4-6-14-36(34)30-40)37-21-26-48-43(31-37)41-15-8-10-18-47(41)54(48)39-23-19-33-11-3-5-13-35(33)29-39/h3-19,21-23,25-32H,20,24H2,1-2H3. The molecule has 2 heterocycles. The number of aryl methyl sites for hydroxylation is 1. The van der Waals surface area contributed by atoms with Gasteiger partial charge in [0.25, 0.3) is 0 Å². The second-order valence-corrected chi connectivity index (χ2v) is 16.1. The van der Waals surface area contributed by atoms with Gasteiger partial charge < -0.3 is 9.13 Å². The van der Waals surface area contributed by atoms with Crippen molar-refractivity contribution in [1.29, 1.82) is 0 Å². The van der Waals surface area contributed by atoms with Gasteiger partial charge in [-0.25, -0.2) is 0 Å². The molecular formula is C53H38N2. The first-order valence-corrected chi connectivity index (χ1v) is 19.6. The first kappa shape index (κ1) is 30.8. The molecule has 12 rings (SSSR count). The molecule has 0 aliphatic heterocycles. The minimum absolute atomic E-state index is 0.0700. The number of rotatable bonds is 3. The van der Waals surface area contributed by atoms with Gasteiger partial charge in [-0.05, 0) is 123 Å². The van der Waals surface area contributed by atoms with E-state index in [0.717, 1.165) is 12.8 Å². The third-order valence-electron chi connectivity index (χ3n) is 12.8. The number of hydrogen-bond acceptors (Lipinski definition) is 0. The van der Waals surface area contributed by atoms with Crippen LogP contribution in [0.5, 0.6) is 0 Å². The number of para-hydroxylation sites is 1. The lowest BCUT2D eigenvalue weighted by atomic mass is 9.82. The summed E-state index contributed by atoms with van der Waals surface area (Å²) in [6.45, 7) is 4.77. The van der Waals surface area contributed by atoms with Crippen molar-refractivity contribution in [3.05, 3.63) is 186 Å². The van der Waals surface area contributed by atoms with Crippen molar-refractivity contribution in [2.45, 2.75) is 32.1 Å². The molecule has 0 radical (unpaired) electrons. The quantitative estimate of drug-likeness (QED) is 0.173. The number of hydrogen-bond donors (Lipinski definition) is 0. The Bertz CT molecular complexity index is 3290. The van der Waals surface area contributed by atoms with Gasteiger partial charge in [0.15, 0.2) is 0 Å². The topological polar surface area (TPSA) is 9.86 Å². The van der Waals surface area contributed by atoms with Crippen molar-refractivity contribution < 1.29 is 0 Å². The molecule has 0 saturated heterocycles. The molecule has 0 bridgehead atoms. The van der Waals surface area contributed by atoms with Crippen LogP contribution in [0.1, 0.15) is 42.5 Å². The van der Waals surface area contributed by atoms with Crippen molar-refractivity contribution in [3.8, 4) is 27.9 Å². The summed E-state index contributed by atoms with van der Waals surface area (Å²) in [5, 5.41) is 7.73. The molecule has 10 aromatic rings. The zero-order valence-electron chi connectivity index (χ0n) is 31.0. The number of nitrogens with zero attached hydrogens (tertiary/aromatic N) is 2. The van der Waals surface area contributed by atoms with Crippen LogP contribution < -0.4 is 0 Å². The van der Waals surface area contributed by atoms with Crippen LogP contribution >= 0.6 is 0 Å². The highest BCUT2D eigenvalue weighted by molar-refractivity contribution is 6.20. The van der Waals surface area contributed by atoms with Crippen molar-refractivity contribution in [1.82, 2.24) is 9.13 Å². The summed E-state index contributed by atoms with van der Waals surface area (Å²) in [6.07, 6.45) is 4.49. The van der Waals surface area contributed by atoms with Crippen LogP contribution in [0, 0.1) is 0 Å². The lowest BCUT2D eigenvalue weighted by molar-refractivity contribution is 0.661. The normalized spacial score (nSPS) is 14.5. The predicted octanol–water partition coefficient (Wildman–Crippen LogP) is 14.0. The van der Waals surface area contributed by atoms with Crippen LogP contribution in [0.2, 0.25) is 0 Å². The second-order valence-electron chi connectivity index (χ2n) is 16.1. The Morgan fingerprint density at radius 2 is 1.16 bits per heavy atom. The molecule has 2 aliphatic rings. The maximum Gasteiger partial charge on any atom is 0.0544 e. The SMILES string of the molecule is CC1(C)c2ccccc2-c2c1ccc1c2c2cc(-c3ccc4c(c3)c3ccccc3n4-c3ccc4ccccc4c3)ccc2n1C1=Cc2ccccc2CC1. The average molecular weight is 703 g/mol. The van der Waals surface area contributed by atoms with E-state index in [1.807, 2.05) is 0 Å². The van der Waals surface area contributed by atoms with Crippen LogP contribution in [-0.4, -0.2) is 9.13 Å². The molecule has 0 spiro atoms. The Hall–Kier alpha value is -6.64. The van der Waals surface area contributed by atoms with E-state index in [0.29, 0.717) is 0 Å². The Morgan fingerprint density at radius 3 is 2.05 bits per heavy atom. The van der Waals surface area contributed by atoms with E-state index in [9.17, 15) is 0 Å². The summed E-state index contributed by atoms with van der Waals surface area (Å²) in [7, 11) is 0. The fraction of sp³-hybridized carbons (Fsp3) is 0.0943. The Labute approximate surface area is 320 Å². The molecule has 0 unspecified atom stereocenters. The monoisotopic (exact) mass is 702 g/mol. The highest BCUT2D eigenvalue weighted by atomic mass is 15.0. The minimum atomic E-state index is -0.0700. The maximum atomic E-state index is 2.57.